The van der Waals surface area contributed by atoms with Gasteiger partial charge in [0.2, 0.25) is 0 Å². The first-order valence-corrected chi connectivity index (χ1v) is 9.25. The Labute approximate surface area is 159 Å². The number of amides is 1. The molecule has 1 aromatic carbocycles. The monoisotopic (exact) mass is 383 g/mol. The van der Waals surface area contributed by atoms with Crippen LogP contribution in [0.15, 0.2) is 18.2 Å². The Kier molecular flexibility index (Phi) is 7.26. The topological polar surface area (TPSA) is 94.1 Å². The zero-order chi connectivity index (χ0) is 20.0. The van der Waals surface area contributed by atoms with Crippen LogP contribution in [-0.4, -0.2) is 60.3 Å². The molecule has 1 fully saturated rings. The number of piperidine rings is 1. The molecule has 8 heteroatoms. The van der Waals surface area contributed by atoms with Crippen molar-refractivity contribution in [3.05, 3.63) is 24.0 Å². The highest BCUT2D eigenvalue weighted by Gasteiger charge is 2.26. The van der Waals surface area contributed by atoms with Crippen molar-refractivity contribution in [3.8, 4) is 0 Å². The molecule has 1 heterocycles. The van der Waals surface area contributed by atoms with Gasteiger partial charge in [0.1, 0.15) is 11.4 Å². The van der Waals surface area contributed by atoms with E-state index in [1.807, 2.05) is 25.7 Å². The number of rotatable bonds is 6. The van der Waals surface area contributed by atoms with Crippen molar-refractivity contribution in [2.75, 3.05) is 36.5 Å². The number of benzene rings is 1. The van der Waals surface area contributed by atoms with Crippen LogP contribution in [0.1, 0.15) is 33.6 Å². The summed E-state index contributed by atoms with van der Waals surface area (Å²) in [6.45, 7) is 6.38. The Hall–Kier alpha value is -2.06. The number of nitrogens with zero attached hydrogens (tertiary/aromatic N) is 1. The fraction of sp³-hybridized carbons (Fsp3) is 0.632. The molecule has 0 radical (unpaired) electrons. The van der Waals surface area contributed by atoms with E-state index in [9.17, 15) is 14.3 Å². The number of carbonyl (C=O) groups excluding carboxylic acids is 1. The second kappa shape index (κ2) is 9.23. The number of aliphatic hydroxyl groups excluding tert-OH is 2. The minimum absolute atomic E-state index is 0.0181. The van der Waals surface area contributed by atoms with Gasteiger partial charge in [0.05, 0.1) is 24.1 Å². The van der Waals surface area contributed by atoms with E-state index in [0.29, 0.717) is 37.3 Å². The van der Waals surface area contributed by atoms with Crippen LogP contribution < -0.4 is 15.5 Å². The number of hydrogen-bond donors (Lipinski definition) is 4. The quantitative estimate of drug-likeness (QED) is 0.601. The first kappa shape index (κ1) is 21.2. The third kappa shape index (κ3) is 6.55. The number of anilines is 2. The zero-order valence-electron chi connectivity index (χ0n) is 16.2. The fourth-order valence-corrected chi connectivity index (χ4v) is 2.99. The van der Waals surface area contributed by atoms with Gasteiger partial charge in [0, 0.05) is 25.7 Å². The second-order valence-corrected chi connectivity index (χ2v) is 7.76. The predicted molar refractivity (Wildman–Crippen MR) is 103 cm³/mol. The largest absolute Gasteiger partial charge is 0.444 e. The molecule has 1 saturated heterocycles. The van der Waals surface area contributed by atoms with E-state index in [4.69, 9.17) is 9.84 Å². The maximum Gasteiger partial charge on any atom is 0.407 e. The Balaban J connectivity index is 1.96. The molecular formula is C19H30FN3O4. The van der Waals surface area contributed by atoms with Gasteiger partial charge in [-0.05, 0) is 45.7 Å². The number of para-hydroxylation sites is 1. The highest BCUT2D eigenvalue weighted by molar-refractivity contribution is 5.71. The van der Waals surface area contributed by atoms with E-state index in [2.05, 4.69) is 10.6 Å². The maximum absolute atomic E-state index is 14.5. The van der Waals surface area contributed by atoms with Crippen molar-refractivity contribution in [2.24, 2.45) is 0 Å². The molecule has 1 unspecified atom stereocenters. The van der Waals surface area contributed by atoms with Crippen molar-refractivity contribution in [2.45, 2.75) is 51.4 Å². The lowest BCUT2D eigenvalue weighted by atomic mass is 10.0. The third-order valence-electron chi connectivity index (χ3n) is 4.26. The zero-order valence-corrected chi connectivity index (χ0v) is 16.2. The highest BCUT2D eigenvalue weighted by atomic mass is 19.1. The second-order valence-electron chi connectivity index (χ2n) is 7.76. The lowest BCUT2D eigenvalue weighted by molar-refractivity contribution is 0.0497. The van der Waals surface area contributed by atoms with Crippen LogP contribution in [0.4, 0.5) is 20.6 Å². The molecular weight excluding hydrogens is 353 g/mol. The van der Waals surface area contributed by atoms with Gasteiger partial charge in [0.25, 0.3) is 0 Å². The smallest absolute Gasteiger partial charge is 0.407 e. The summed E-state index contributed by atoms with van der Waals surface area (Å²) in [5.41, 5.74) is 0.469. The molecule has 0 spiro atoms. The first-order valence-electron chi connectivity index (χ1n) is 9.25. The van der Waals surface area contributed by atoms with Crippen LogP contribution in [0.2, 0.25) is 0 Å². The molecule has 0 bridgehead atoms. The number of hydrogen-bond acceptors (Lipinski definition) is 6. The summed E-state index contributed by atoms with van der Waals surface area (Å²) < 4.78 is 19.7. The molecule has 4 N–H and O–H groups in total. The minimum Gasteiger partial charge on any atom is -0.444 e. The fourth-order valence-electron chi connectivity index (χ4n) is 2.99. The molecule has 152 valence electrons. The molecule has 0 saturated carbocycles. The van der Waals surface area contributed by atoms with Gasteiger partial charge >= 0.3 is 6.09 Å². The Morgan fingerprint density at radius 1 is 1.37 bits per heavy atom. The van der Waals surface area contributed by atoms with Gasteiger partial charge in [-0.1, -0.05) is 6.07 Å². The SMILES string of the molecule is CC(C)(C)OC(=O)NC1CCN(c2c(F)cccc2NCC(O)CO)CC1. The van der Waals surface area contributed by atoms with Crippen molar-refractivity contribution in [3.63, 3.8) is 0 Å². The summed E-state index contributed by atoms with van der Waals surface area (Å²) in [4.78, 5) is 13.8. The van der Waals surface area contributed by atoms with E-state index < -0.39 is 17.8 Å². The molecule has 0 aromatic heterocycles. The summed E-state index contributed by atoms with van der Waals surface area (Å²) in [5, 5.41) is 24.3. The molecule has 27 heavy (non-hydrogen) atoms. The van der Waals surface area contributed by atoms with Gasteiger partial charge in [-0.15, -0.1) is 0 Å². The summed E-state index contributed by atoms with van der Waals surface area (Å²) in [6.07, 6.45) is -0.00414. The number of ether oxygens (including phenoxy) is 1. The van der Waals surface area contributed by atoms with Crippen LogP contribution in [0.3, 0.4) is 0 Å². The Morgan fingerprint density at radius 3 is 2.63 bits per heavy atom. The van der Waals surface area contributed by atoms with Gasteiger partial charge in [-0.3, -0.25) is 0 Å². The molecule has 1 aliphatic heterocycles. The van der Waals surface area contributed by atoms with Crippen LogP contribution in [0, 0.1) is 5.82 Å². The average molecular weight is 383 g/mol. The van der Waals surface area contributed by atoms with E-state index in [-0.39, 0.29) is 25.0 Å². The third-order valence-corrected chi connectivity index (χ3v) is 4.26. The Bertz CT molecular complexity index is 628. The number of halogens is 1. The number of nitrogens with one attached hydrogen (secondary N) is 2. The predicted octanol–water partition coefficient (Wildman–Crippen LogP) is 2.08. The van der Waals surface area contributed by atoms with E-state index in [1.54, 1.807) is 12.1 Å². The number of aliphatic hydroxyl groups is 2. The standard InChI is InChI=1S/C19H30FN3O4/c1-19(2,3)27-18(26)22-13-7-9-23(10-8-13)17-15(20)5-4-6-16(17)21-11-14(25)12-24/h4-6,13-14,21,24-25H,7-12H2,1-3H3,(H,22,26). The van der Waals surface area contributed by atoms with Crippen molar-refractivity contribution >= 4 is 17.5 Å². The van der Waals surface area contributed by atoms with Crippen LogP contribution >= 0.6 is 0 Å². The summed E-state index contributed by atoms with van der Waals surface area (Å²) in [7, 11) is 0. The molecule has 1 atom stereocenters. The van der Waals surface area contributed by atoms with Crippen LogP contribution in [0.5, 0.6) is 0 Å². The van der Waals surface area contributed by atoms with E-state index >= 15 is 0 Å². The molecule has 1 aliphatic rings. The van der Waals surface area contributed by atoms with Crippen molar-refractivity contribution in [1.29, 1.82) is 0 Å². The molecule has 2 rings (SSSR count). The number of alkyl carbamates (subject to hydrolysis) is 1. The molecule has 1 amide bonds. The molecule has 1 aromatic rings. The normalized spacial score (nSPS) is 16.7. The van der Waals surface area contributed by atoms with Crippen LogP contribution in [0.25, 0.3) is 0 Å². The average Bonchev–Trinajstić information content (AvgIpc) is 2.59. The first-order chi connectivity index (χ1) is 12.7. The van der Waals surface area contributed by atoms with Gasteiger partial charge in [0.15, 0.2) is 0 Å². The van der Waals surface area contributed by atoms with Crippen molar-refractivity contribution in [1.82, 2.24) is 5.32 Å². The summed E-state index contributed by atoms with van der Waals surface area (Å²) >= 11 is 0. The number of carbonyl (C=O) groups is 1. The van der Waals surface area contributed by atoms with Gasteiger partial charge < -0.3 is 30.5 Å². The molecule has 7 nitrogen and oxygen atoms in total. The Morgan fingerprint density at radius 2 is 2.04 bits per heavy atom. The van der Waals surface area contributed by atoms with Crippen LogP contribution in [-0.2, 0) is 4.74 Å². The maximum atomic E-state index is 14.5. The highest BCUT2D eigenvalue weighted by Crippen LogP contribution is 2.31. The summed E-state index contributed by atoms with van der Waals surface area (Å²) in [5.74, 6) is -0.350. The summed E-state index contributed by atoms with van der Waals surface area (Å²) in [6, 6.07) is 4.72. The van der Waals surface area contributed by atoms with E-state index in [1.165, 1.54) is 6.07 Å². The van der Waals surface area contributed by atoms with E-state index in [0.717, 1.165) is 0 Å². The minimum atomic E-state index is -0.912. The molecule has 0 aliphatic carbocycles. The van der Waals surface area contributed by atoms with Gasteiger partial charge in [-0.2, -0.15) is 0 Å². The lowest BCUT2D eigenvalue weighted by Gasteiger charge is -2.35. The lowest BCUT2D eigenvalue weighted by Crippen LogP contribution is -2.46. The van der Waals surface area contributed by atoms with Crippen molar-refractivity contribution < 1.29 is 24.1 Å². The van der Waals surface area contributed by atoms with Gasteiger partial charge in [-0.25, -0.2) is 9.18 Å².